The standard InChI is InChI=1S/C10H18O3S/c11-14(12,10-2-1-3-10)8-9-4-6-13-7-5-9/h9-10H,1-8H2. The average molecular weight is 218 g/mol. The highest BCUT2D eigenvalue weighted by molar-refractivity contribution is 7.92. The number of ether oxygens (including phenoxy) is 1. The summed E-state index contributed by atoms with van der Waals surface area (Å²) in [5.74, 6) is 0.760. The zero-order chi connectivity index (χ0) is 10.0. The summed E-state index contributed by atoms with van der Waals surface area (Å²) < 4.78 is 28.9. The SMILES string of the molecule is O=S(=O)(CC1CCOCC1)C1CCC1. The van der Waals surface area contributed by atoms with E-state index in [0.29, 0.717) is 11.7 Å². The van der Waals surface area contributed by atoms with Gasteiger partial charge in [0.15, 0.2) is 9.84 Å². The molecule has 2 aliphatic rings. The first-order valence-corrected chi connectivity index (χ1v) is 7.19. The van der Waals surface area contributed by atoms with E-state index >= 15 is 0 Å². The summed E-state index contributed by atoms with van der Waals surface area (Å²) in [7, 11) is -2.78. The second-order valence-electron chi connectivity index (χ2n) is 4.44. The van der Waals surface area contributed by atoms with E-state index in [1.54, 1.807) is 0 Å². The number of hydrogen-bond donors (Lipinski definition) is 0. The van der Waals surface area contributed by atoms with Gasteiger partial charge in [0.05, 0.1) is 11.0 Å². The third kappa shape index (κ3) is 2.28. The van der Waals surface area contributed by atoms with Crippen molar-refractivity contribution in [1.82, 2.24) is 0 Å². The highest BCUT2D eigenvalue weighted by atomic mass is 32.2. The zero-order valence-electron chi connectivity index (χ0n) is 8.44. The van der Waals surface area contributed by atoms with Gasteiger partial charge in [-0.25, -0.2) is 8.42 Å². The number of sulfone groups is 1. The fourth-order valence-corrected chi connectivity index (χ4v) is 4.42. The van der Waals surface area contributed by atoms with Crippen LogP contribution in [-0.2, 0) is 14.6 Å². The molecule has 3 nitrogen and oxygen atoms in total. The Bertz CT molecular complexity index is 274. The molecule has 0 aromatic rings. The van der Waals surface area contributed by atoms with Crippen molar-refractivity contribution in [2.24, 2.45) is 5.92 Å². The zero-order valence-corrected chi connectivity index (χ0v) is 9.26. The molecule has 0 unspecified atom stereocenters. The molecule has 0 aromatic carbocycles. The molecule has 1 heterocycles. The Morgan fingerprint density at radius 1 is 1.07 bits per heavy atom. The molecule has 0 atom stereocenters. The van der Waals surface area contributed by atoms with E-state index in [4.69, 9.17) is 4.74 Å². The van der Waals surface area contributed by atoms with Crippen LogP contribution in [0.4, 0.5) is 0 Å². The molecule has 0 radical (unpaired) electrons. The molecule has 82 valence electrons. The minimum absolute atomic E-state index is 0.00894. The third-order valence-electron chi connectivity index (χ3n) is 3.37. The van der Waals surface area contributed by atoms with Gasteiger partial charge in [-0.1, -0.05) is 6.42 Å². The van der Waals surface area contributed by atoms with Crippen molar-refractivity contribution in [3.05, 3.63) is 0 Å². The van der Waals surface area contributed by atoms with Crippen molar-refractivity contribution in [3.8, 4) is 0 Å². The lowest BCUT2D eigenvalue weighted by atomic mass is 10.00. The van der Waals surface area contributed by atoms with Crippen molar-refractivity contribution in [2.45, 2.75) is 37.4 Å². The van der Waals surface area contributed by atoms with E-state index in [1.165, 1.54) is 0 Å². The van der Waals surface area contributed by atoms with Gasteiger partial charge in [-0.05, 0) is 31.6 Å². The first-order valence-electron chi connectivity index (χ1n) is 5.48. The van der Waals surface area contributed by atoms with Crippen LogP contribution in [0.1, 0.15) is 32.1 Å². The second-order valence-corrected chi connectivity index (χ2v) is 6.76. The van der Waals surface area contributed by atoms with Crippen LogP contribution in [0.5, 0.6) is 0 Å². The van der Waals surface area contributed by atoms with Gasteiger partial charge in [-0.3, -0.25) is 0 Å². The fraction of sp³-hybridized carbons (Fsp3) is 1.00. The van der Waals surface area contributed by atoms with Gasteiger partial charge in [-0.15, -0.1) is 0 Å². The van der Waals surface area contributed by atoms with Gasteiger partial charge in [0.25, 0.3) is 0 Å². The first kappa shape index (κ1) is 10.4. The minimum Gasteiger partial charge on any atom is -0.381 e. The van der Waals surface area contributed by atoms with E-state index in [-0.39, 0.29) is 5.25 Å². The maximum absolute atomic E-state index is 11.8. The lowest BCUT2D eigenvalue weighted by Gasteiger charge is -2.28. The van der Waals surface area contributed by atoms with Gasteiger partial charge in [0.1, 0.15) is 0 Å². The van der Waals surface area contributed by atoms with E-state index in [2.05, 4.69) is 0 Å². The summed E-state index contributed by atoms with van der Waals surface area (Å²) in [5.41, 5.74) is 0. The molecular formula is C10H18O3S. The second kappa shape index (κ2) is 4.19. The van der Waals surface area contributed by atoms with E-state index in [1.807, 2.05) is 0 Å². The van der Waals surface area contributed by atoms with Crippen LogP contribution in [0.25, 0.3) is 0 Å². The fourth-order valence-electron chi connectivity index (χ4n) is 2.11. The molecule has 0 N–H and O–H groups in total. The molecule has 0 spiro atoms. The molecule has 0 amide bonds. The monoisotopic (exact) mass is 218 g/mol. The average Bonchev–Trinajstić information content (AvgIpc) is 2.00. The van der Waals surface area contributed by atoms with E-state index in [0.717, 1.165) is 45.3 Å². The number of rotatable bonds is 3. The predicted molar refractivity (Wildman–Crippen MR) is 55.0 cm³/mol. The summed E-state index contributed by atoms with van der Waals surface area (Å²) in [6, 6.07) is 0. The van der Waals surface area contributed by atoms with Crippen molar-refractivity contribution >= 4 is 9.84 Å². The summed E-state index contributed by atoms with van der Waals surface area (Å²) >= 11 is 0. The Morgan fingerprint density at radius 3 is 2.21 bits per heavy atom. The Labute approximate surface area is 85.8 Å². The molecule has 2 fully saturated rings. The first-order chi connectivity index (χ1) is 6.68. The van der Waals surface area contributed by atoms with Crippen LogP contribution < -0.4 is 0 Å². The number of hydrogen-bond acceptors (Lipinski definition) is 3. The lowest BCUT2D eigenvalue weighted by Crippen LogP contribution is -2.34. The van der Waals surface area contributed by atoms with Crippen LogP contribution in [0, 0.1) is 5.92 Å². The molecule has 1 saturated carbocycles. The Morgan fingerprint density at radius 2 is 1.71 bits per heavy atom. The Hall–Kier alpha value is -0.0900. The van der Waals surface area contributed by atoms with E-state index < -0.39 is 9.84 Å². The summed E-state index contributed by atoms with van der Waals surface area (Å²) in [5, 5.41) is -0.00894. The van der Waals surface area contributed by atoms with Gasteiger partial charge in [0, 0.05) is 13.2 Å². The maximum Gasteiger partial charge on any atom is 0.153 e. The third-order valence-corrected chi connectivity index (χ3v) is 5.79. The van der Waals surface area contributed by atoms with Crippen LogP contribution in [0.3, 0.4) is 0 Å². The summed E-state index contributed by atoms with van der Waals surface area (Å²) in [6.45, 7) is 1.48. The smallest absolute Gasteiger partial charge is 0.153 e. The predicted octanol–water partition coefficient (Wildman–Crippen LogP) is 1.38. The molecule has 14 heavy (non-hydrogen) atoms. The van der Waals surface area contributed by atoms with Gasteiger partial charge in [0.2, 0.25) is 0 Å². The highest BCUT2D eigenvalue weighted by Gasteiger charge is 2.33. The molecule has 0 bridgehead atoms. The normalized spacial score (nSPS) is 26.0. The minimum atomic E-state index is -2.78. The Kier molecular flexibility index (Phi) is 3.12. The topological polar surface area (TPSA) is 43.4 Å². The van der Waals surface area contributed by atoms with Crippen LogP contribution >= 0.6 is 0 Å². The van der Waals surface area contributed by atoms with E-state index in [9.17, 15) is 8.42 Å². The summed E-state index contributed by atoms with van der Waals surface area (Å²) in [6.07, 6.45) is 4.73. The van der Waals surface area contributed by atoms with Gasteiger partial charge in [-0.2, -0.15) is 0 Å². The molecule has 2 rings (SSSR count). The molecule has 4 heteroatoms. The summed E-state index contributed by atoms with van der Waals surface area (Å²) in [4.78, 5) is 0. The van der Waals surface area contributed by atoms with Crippen LogP contribution in [0.15, 0.2) is 0 Å². The molecule has 0 aromatic heterocycles. The molecule has 1 aliphatic heterocycles. The largest absolute Gasteiger partial charge is 0.381 e. The highest BCUT2D eigenvalue weighted by Crippen LogP contribution is 2.29. The van der Waals surface area contributed by atoms with Crippen molar-refractivity contribution in [1.29, 1.82) is 0 Å². The molecule has 1 aliphatic carbocycles. The quantitative estimate of drug-likeness (QED) is 0.719. The van der Waals surface area contributed by atoms with Gasteiger partial charge < -0.3 is 4.74 Å². The lowest BCUT2D eigenvalue weighted by molar-refractivity contribution is 0.0722. The Balaban J connectivity index is 1.88. The molecular weight excluding hydrogens is 200 g/mol. The van der Waals surface area contributed by atoms with Crippen molar-refractivity contribution in [3.63, 3.8) is 0 Å². The van der Waals surface area contributed by atoms with Crippen molar-refractivity contribution < 1.29 is 13.2 Å². The van der Waals surface area contributed by atoms with Crippen LogP contribution in [-0.4, -0.2) is 32.6 Å². The molecule has 1 saturated heterocycles. The maximum atomic E-state index is 11.8. The van der Waals surface area contributed by atoms with Gasteiger partial charge >= 0.3 is 0 Å². The van der Waals surface area contributed by atoms with Crippen LogP contribution in [0.2, 0.25) is 0 Å². The van der Waals surface area contributed by atoms with Crippen molar-refractivity contribution in [2.75, 3.05) is 19.0 Å².